The van der Waals surface area contributed by atoms with E-state index in [1.165, 1.54) is 0 Å². The number of carbonyl (C=O) groups is 1. The van der Waals surface area contributed by atoms with Crippen molar-refractivity contribution < 1.29 is 9.90 Å². The van der Waals surface area contributed by atoms with Crippen LogP contribution in [0.4, 0.5) is 10.8 Å². The molecule has 0 atom stereocenters. The Morgan fingerprint density at radius 1 is 1.47 bits per heavy atom. The van der Waals surface area contributed by atoms with E-state index in [4.69, 9.17) is 5.11 Å². The number of anilines is 2. The third-order valence-corrected chi connectivity index (χ3v) is 4.26. The number of nitrogens with zero attached hydrogens (tertiary/aromatic N) is 2. The number of thiazole rings is 1. The van der Waals surface area contributed by atoms with Gasteiger partial charge >= 0.3 is 5.97 Å². The Morgan fingerprint density at radius 2 is 2.32 bits per heavy atom. The van der Waals surface area contributed by atoms with Gasteiger partial charge in [0.2, 0.25) is 0 Å². The summed E-state index contributed by atoms with van der Waals surface area (Å²) in [5.41, 5.74) is 3.56. The smallest absolute Gasteiger partial charge is 0.335 e. The van der Waals surface area contributed by atoms with Crippen LogP contribution in [0.25, 0.3) is 0 Å². The van der Waals surface area contributed by atoms with Crippen LogP contribution >= 0.6 is 11.3 Å². The van der Waals surface area contributed by atoms with Gasteiger partial charge in [0.05, 0.1) is 11.3 Å². The van der Waals surface area contributed by atoms with E-state index in [0.29, 0.717) is 5.56 Å². The van der Waals surface area contributed by atoms with Crippen LogP contribution in [0.2, 0.25) is 0 Å². The Labute approximate surface area is 115 Å². The molecule has 4 nitrogen and oxygen atoms in total. The molecule has 1 aromatic heterocycles. The van der Waals surface area contributed by atoms with E-state index in [1.54, 1.807) is 23.5 Å². The first-order valence-corrected chi connectivity index (χ1v) is 7.09. The van der Waals surface area contributed by atoms with Crippen molar-refractivity contribution in [1.82, 2.24) is 4.98 Å². The van der Waals surface area contributed by atoms with Gasteiger partial charge in [-0.15, -0.1) is 11.3 Å². The lowest BCUT2D eigenvalue weighted by Gasteiger charge is -2.29. The molecule has 1 aromatic carbocycles. The fraction of sp³-hybridized carbons (Fsp3) is 0.286. The zero-order chi connectivity index (χ0) is 13.4. The third kappa shape index (κ3) is 2.21. The van der Waals surface area contributed by atoms with Gasteiger partial charge in [0.15, 0.2) is 5.13 Å². The molecule has 5 heteroatoms. The fourth-order valence-electron chi connectivity index (χ4n) is 2.39. The maximum absolute atomic E-state index is 11.0. The van der Waals surface area contributed by atoms with Crippen LogP contribution in [0, 0.1) is 6.92 Å². The molecule has 0 saturated heterocycles. The van der Waals surface area contributed by atoms with Gasteiger partial charge in [-0.25, -0.2) is 9.78 Å². The standard InChI is InChI=1S/C14H14N2O2S/c1-9-8-19-14(15-9)16-6-2-3-10-7-11(13(17)18)4-5-12(10)16/h4-5,7-8H,2-3,6H2,1H3,(H,17,18). The van der Waals surface area contributed by atoms with E-state index in [0.717, 1.165) is 41.5 Å². The van der Waals surface area contributed by atoms with Crippen LogP contribution in [0.3, 0.4) is 0 Å². The van der Waals surface area contributed by atoms with E-state index in [-0.39, 0.29) is 0 Å². The highest BCUT2D eigenvalue weighted by molar-refractivity contribution is 7.13. The molecule has 19 heavy (non-hydrogen) atoms. The second-order valence-corrected chi connectivity index (χ2v) is 5.51. The summed E-state index contributed by atoms with van der Waals surface area (Å²) in [5, 5.41) is 12.1. The Bertz CT molecular complexity index is 636. The minimum absolute atomic E-state index is 0.357. The van der Waals surface area contributed by atoms with Gasteiger partial charge in [-0.3, -0.25) is 0 Å². The number of aromatic nitrogens is 1. The molecule has 2 aromatic rings. The molecule has 1 aliphatic heterocycles. The summed E-state index contributed by atoms with van der Waals surface area (Å²) >= 11 is 1.63. The predicted octanol–water partition coefficient (Wildman–Crippen LogP) is 3.23. The highest BCUT2D eigenvalue weighted by Gasteiger charge is 2.21. The van der Waals surface area contributed by atoms with Gasteiger partial charge in [0.25, 0.3) is 0 Å². The van der Waals surface area contributed by atoms with Gasteiger partial charge in [-0.2, -0.15) is 0 Å². The molecule has 0 amide bonds. The van der Waals surface area contributed by atoms with Crippen molar-refractivity contribution in [3.63, 3.8) is 0 Å². The normalized spacial score (nSPS) is 14.3. The Morgan fingerprint density at radius 3 is 3.00 bits per heavy atom. The van der Waals surface area contributed by atoms with Crippen LogP contribution in [-0.2, 0) is 6.42 Å². The summed E-state index contributed by atoms with van der Waals surface area (Å²) < 4.78 is 0. The molecule has 1 aliphatic rings. The number of hydrogen-bond donors (Lipinski definition) is 1. The van der Waals surface area contributed by atoms with Crippen molar-refractivity contribution in [1.29, 1.82) is 0 Å². The molecule has 0 unspecified atom stereocenters. The maximum Gasteiger partial charge on any atom is 0.335 e. The quantitative estimate of drug-likeness (QED) is 0.913. The van der Waals surface area contributed by atoms with Crippen molar-refractivity contribution in [3.05, 3.63) is 40.4 Å². The predicted molar refractivity (Wildman–Crippen MR) is 75.6 cm³/mol. The maximum atomic E-state index is 11.0. The first-order valence-electron chi connectivity index (χ1n) is 6.21. The van der Waals surface area contributed by atoms with Crippen molar-refractivity contribution in [3.8, 4) is 0 Å². The Hall–Kier alpha value is -1.88. The first-order chi connectivity index (χ1) is 9.15. The Balaban J connectivity index is 2.03. The lowest BCUT2D eigenvalue weighted by molar-refractivity contribution is 0.0697. The number of benzene rings is 1. The van der Waals surface area contributed by atoms with Crippen molar-refractivity contribution in [2.24, 2.45) is 0 Å². The number of aryl methyl sites for hydroxylation is 2. The summed E-state index contributed by atoms with van der Waals surface area (Å²) in [7, 11) is 0. The van der Waals surface area contributed by atoms with Crippen molar-refractivity contribution >= 4 is 28.1 Å². The average molecular weight is 274 g/mol. The van der Waals surface area contributed by atoms with Crippen LogP contribution in [-0.4, -0.2) is 22.6 Å². The third-order valence-electron chi connectivity index (χ3n) is 3.28. The van der Waals surface area contributed by atoms with Crippen molar-refractivity contribution in [2.75, 3.05) is 11.4 Å². The topological polar surface area (TPSA) is 53.4 Å². The highest BCUT2D eigenvalue weighted by Crippen LogP contribution is 2.35. The highest BCUT2D eigenvalue weighted by atomic mass is 32.1. The van der Waals surface area contributed by atoms with Crippen LogP contribution < -0.4 is 4.90 Å². The number of carboxylic acid groups (broad SMARTS) is 1. The van der Waals surface area contributed by atoms with E-state index >= 15 is 0 Å². The number of hydrogen-bond acceptors (Lipinski definition) is 4. The summed E-state index contributed by atoms with van der Waals surface area (Å²) in [6, 6.07) is 5.35. The number of aromatic carboxylic acids is 1. The minimum Gasteiger partial charge on any atom is -0.478 e. The van der Waals surface area contributed by atoms with Gasteiger partial charge in [0.1, 0.15) is 0 Å². The van der Waals surface area contributed by atoms with Gasteiger partial charge in [0, 0.05) is 17.6 Å². The lowest BCUT2D eigenvalue weighted by Crippen LogP contribution is -2.24. The number of rotatable bonds is 2. The molecule has 0 saturated carbocycles. The summed E-state index contributed by atoms with van der Waals surface area (Å²) in [6.07, 6.45) is 1.95. The van der Waals surface area contributed by atoms with Crippen LogP contribution in [0.5, 0.6) is 0 Å². The molecule has 0 fully saturated rings. The van der Waals surface area contributed by atoms with Gasteiger partial charge < -0.3 is 10.0 Å². The zero-order valence-electron chi connectivity index (χ0n) is 10.6. The first kappa shape index (κ1) is 12.2. The molecule has 0 spiro atoms. The molecule has 1 N–H and O–H groups in total. The summed E-state index contributed by atoms with van der Waals surface area (Å²) in [6.45, 7) is 2.92. The largest absolute Gasteiger partial charge is 0.478 e. The molecule has 0 radical (unpaired) electrons. The number of carboxylic acids is 1. The van der Waals surface area contributed by atoms with Crippen LogP contribution in [0.1, 0.15) is 28.0 Å². The van der Waals surface area contributed by atoms with E-state index < -0.39 is 5.97 Å². The lowest BCUT2D eigenvalue weighted by atomic mass is 9.99. The summed E-state index contributed by atoms with van der Waals surface area (Å²) in [4.78, 5) is 17.7. The van der Waals surface area contributed by atoms with E-state index in [2.05, 4.69) is 9.88 Å². The van der Waals surface area contributed by atoms with E-state index in [1.807, 2.05) is 18.4 Å². The van der Waals surface area contributed by atoms with Crippen molar-refractivity contribution in [2.45, 2.75) is 19.8 Å². The average Bonchev–Trinajstić information content (AvgIpc) is 2.84. The molecular weight excluding hydrogens is 260 g/mol. The molecule has 98 valence electrons. The van der Waals surface area contributed by atoms with Gasteiger partial charge in [-0.05, 0) is 43.5 Å². The SMILES string of the molecule is Cc1csc(N2CCCc3cc(C(=O)O)ccc32)n1. The van der Waals surface area contributed by atoms with E-state index in [9.17, 15) is 4.79 Å². The number of fused-ring (bicyclic) bond motifs is 1. The zero-order valence-corrected chi connectivity index (χ0v) is 11.4. The summed E-state index contributed by atoms with van der Waals surface area (Å²) in [5.74, 6) is -0.870. The molecule has 0 aliphatic carbocycles. The molecule has 3 rings (SSSR count). The molecular formula is C14H14N2O2S. The fourth-order valence-corrected chi connectivity index (χ4v) is 3.24. The molecule has 2 heterocycles. The molecule has 0 bridgehead atoms. The monoisotopic (exact) mass is 274 g/mol. The minimum atomic E-state index is -0.870. The Kier molecular flexibility index (Phi) is 2.98. The van der Waals surface area contributed by atoms with Crippen LogP contribution in [0.15, 0.2) is 23.6 Å². The second-order valence-electron chi connectivity index (χ2n) is 4.68. The van der Waals surface area contributed by atoms with Gasteiger partial charge in [-0.1, -0.05) is 0 Å². The second kappa shape index (κ2) is 4.66.